The molecule has 1 amide bonds. The van der Waals surface area contributed by atoms with Crippen molar-refractivity contribution < 1.29 is 19.8 Å². The number of carbonyl (C=O) groups excluding carboxylic acids is 1. The van der Waals surface area contributed by atoms with E-state index in [0.29, 0.717) is 18.9 Å². The number of halogens is 1. The molecule has 0 aromatic heterocycles. The van der Waals surface area contributed by atoms with Crippen LogP contribution in [-0.4, -0.2) is 40.8 Å². The molecule has 0 aromatic carbocycles. The smallest absolute Gasteiger partial charge is 0.309 e. The van der Waals surface area contributed by atoms with E-state index in [4.69, 9.17) is 10.8 Å². The maximum Gasteiger partial charge on any atom is 0.309 e. The van der Waals surface area contributed by atoms with Crippen LogP contribution in [0.25, 0.3) is 0 Å². The van der Waals surface area contributed by atoms with Crippen molar-refractivity contribution in [3.63, 3.8) is 0 Å². The second kappa shape index (κ2) is 10.8. The third-order valence-corrected chi connectivity index (χ3v) is 4.68. The monoisotopic (exact) mass is 350 g/mol. The Labute approximate surface area is 144 Å². The number of nitrogens with one attached hydrogen (secondary N) is 1. The van der Waals surface area contributed by atoms with Crippen molar-refractivity contribution in [1.82, 2.24) is 5.32 Å². The van der Waals surface area contributed by atoms with E-state index in [1.165, 1.54) is 6.92 Å². The molecule has 136 valence electrons. The van der Waals surface area contributed by atoms with Crippen LogP contribution in [0.3, 0.4) is 0 Å². The van der Waals surface area contributed by atoms with Crippen LogP contribution >= 0.6 is 12.4 Å². The summed E-state index contributed by atoms with van der Waals surface area (Å²) >= 11 is 0. The molecule has 1 fully saturated rings. The van der Waals surface area contributed by atoms with Gasteiger partial charge in [0.05, 0.1) is 12.0 Å². The van der Waals surface area contributed by atoms with Gasteiger partial charge in [-0.2, -0.15) is 0 Å². The number of aliphatic hydroxyl groups is 1. The second-order valence-electron chi connectivity index (χ2n) is 6.68. The molecule has 0 saturated heterocycles. The van der Waals surface area contributed by atoms with Crippen molar-refractivity contribution >= 4 is 24.3 Å². The first-order valence-corrected chi connectivity index (χ1v) is 8.23. The Morgan fingerprint density at radius 2 is 1.96 bits per heavy atom. The molecule has 0 bridgehead atoms. The Morgan fingerprint density at radius 3 is 2.48 bits per heavy atom. The molecule has 0 aromatic rings. The Hall–Kier alpha value is -0.850. The number of hydrogen-bond acceptors (Lipinski definition) is 4. The van der Waals surface area contributed by atoms with Gasteiger partial charge in [-0.3, -0.25) is 9.59 Å². The van der Waals surface area contributed by atoms with Gasteiger partial charge in [-0.25, -0.2) is 0 Å². The lowest BCUT2D eigenvalue weighted by atomic mass is 9.92. The van der Waals surface area contributed by atoms with Crippen LogP contribution in [-0.2, 0) is 9.59 Å². The van der Waals surface area contributed by atoms with Crippen molar-refractivity contribution in [2.24, 2.45) is 23.5 Å². The number of carboxylic acids is 1. The number of aliphatic carboxylic acids is 1. The highest BCUT2D eigenvalue weighted by molar-refractivity contribution is 5.85. The number of nitrogens with two attached hydrogens (primary N) is 1. The van der Waals surface area contributed by atoms with E-state index in [1.54, 1.807) is 0 Å². The number of aliphatic hydroxyl groups excluding tert-OH is 1. The number of rotatable bonds is 9. The first-order valence-electron chi connectivity index (χ1n) is 8.23. The first kappa shape index (κ1) is 22.1. The van der Waals surface area contributed by atoms with Gasteiger partial charge < -0.3 is 21.3 Å². The zero-order valence-electron chi connectivity index (χ0n) is 14.0. The van der Waals surface area contributed by atoms with Gasteiger partial charge in [-0.05, 0) is 25.2 Å². The average molecular weight is 351 g/mol. The van der Waals surface area contributed by atoms with Gasteiger partial charge in [0.1, 0.15) is 0 Å². The summed E-state index contributed by atoms with van der Waals surface area (Å²) in [4.78, 5) is 21.8. The lowest BCUT2D eigenvalue weighted by Crippen LogP contribution is -2.31. The fraction of sp³-hybridized carbons (Fsp3) is 0.875. The zero-order chi connectivity index (χ0) is 16.7. The van der Waals surface area contributed by atoms with Crippen LogP contribution in [0.1, 0.15) is 52.4 Å². The summed E-state index contributed by atoms with van der Waals surface area (Å²) in [5, 5.41) is 21.9. The lowest BCUT2D eigenvalue weighted by Gasteiger charge is -2.19. The molecule has 0 heterocycles. The van der Waals surface area contributed by atoms with Gasteiger partial charge in [0, 0.05) is 25.4 Å². The molecule has 1 aliphatic carbocycles. The normalized spacial score (nSPS) is 28.0. The van der Waals surface area contributed by atoms with E-state index < -0.39 is 18.0 Å². The van der Waals surface area contributed by atoms with Crippen molar-refractivity contribution in [2.75, 3.05) is 6.54 Å². The predicted octanol–water partition coefficient (Wildman–Crippen LogP) is 1.54. The summed E-state index contributed by atoms with van der Waals surface area (Å²) in [6, 6.07) is -0.213. The number of carboxylic acid groups (broad SMARTS) is 1. The number of carbonyl (C=O) groups is 2. The van der Waals surface area contributed by atoms with Crippen molar-refractivity contribution in [3.8, 4) is 0 Å². The average Bonchev–Trinajstić information content (AvgIpc) is 2.72. The summed E-state index contributed by atoms with van der Waals surface area (Å²) in [6.07, 6.45) is 4.46. The fourth-order valence-electron chi connectivity index (χ4n) is 3.26. The van der Waals surface area contributed by atoms with Crippen LogP contribution in [0, 0.1) is 17.8 Å². The van der Waals surface area contributed by atoms with Gasteiger partial charge in [-0.15, -0.1) is 12.4 Å². The second-order valence-corrected chi connectivity index (χ2v) is 6.68. The molecule has 0 radical (unpaired) electrons. The molecule has 1 aliphatic rings. The highest BCUT2D eigenvalue weighted by atomic mass is 35.5. The zero-order valence-corrected chi connectivity index (χ0v) is 14.8. The molecular weight excluding hydrogens is 320 g/mol. The third kappa shape index (κ3) is 7.50. The summed E-state index contributed by atoms with van der Waals surface area (Å²) < 4.78 is 0. The maximum absolute atomic E-state index is 11.0. The molecule has 1 rings (SSSR count). The number of unbranched alkanes of at least 4 members (excludes halogenated alkanes) is 2. The highest BCUT2D eigenvalue weighted by Gasteiger charge is 2.43. The number of hydrogen-bond donors (Lipinski definition) is 4. The molecule has 6 nitrogen and oxygen atoms in total. The fourth-order valence-corrected chi connectivity index (χ4v) is 3.26. The van der Waals surface area contributed by atoms with Crippen molar-refractivity contribution in [2.45, 2.75) is 64.5 Å². The topological polar surface area (TPSA) is 113 Å². The minimum absolute atomic E-state index is 0. The minimum atomic E-state index is -0.947. The van der Waals surface area contributed by atoms with Crippen LogP contribution < -0.4 is 11.1 Å². The Balaban J connectivity index is 0.00000484. The molecule has 5 unspecified atom stereocenters. The summed E-state index contributed by atoms with van der Waals surface area (Å²) in [5.41, 5.74) is 5.96. The van der Waals surface area contributed by atoms with Gasteiger partial charge in [0.15, 0.2) is 0 Å². The molecule has 7 heteroatoms. The summed E-state index contributed by atoms with van der Waals surface area (Å²) in [7, 11) is 0. The molecule has 5 N–H and O–H groups in total. The van der Waals surface area contributed by atoms with E-state index in [9.17, 15) is 14.7 Å². The van der Waals surface area contributed by atoms with E-state index in [1.807, 2.05) is 0 Å². The Bertz CT molecular complexity index is 381. The largest absolute Gasteiger partial charge is 0.481 e. The van der Waals surface area contributed by atoms with Crippen LogP contribution in [0.2, 0.25) is 0 Å². The Morgan fingerprint density at radius 1 is 1.30 bits per heavy atom. The van der Waals surface area contributed by atoms with E-state index >= 15 is 0 Å². The van der Waals surface area contributed by atoms with Crippen molar-refractivity contribution in [1.29, 1.82) is 0 Å². The highest BCUT2D eigenvalue weighted by Crippen LogP contribution is 2.34. The number of amides is 1. The van der Waals surface area contributed by atoms with Gasteiger partial charge in [0.25, 0.3) is 0 Å². The van der Waals surface area contributed by atoms with E-state index in [-0.39, 0.29) is 30.3 Å². The van der Waals surface area contributed by atoms with Crippen LogP contribution in [0.15, 0.2) is 0 Å². The van der Waals surface area contributed by atoms with Gasteiger partial charge in [-0.1, -0.05) is 26.2 Å². The summed E-state index contributed by atoms with van der Waals surface area (Å²) in [5.74, 6) is -1.29. The van der Waals surface area contributed by atoms with Crippen LogP contribution in [0.5, 0.6) is 0 Å². The van der Waals surface area contributed by atoms with E-state index in [2.05, 4.69) is 12.2 Å². The molecule has 0 spiro atoms. The molecule has 23 heavy (non-hydrogen) atoms. The van der Waals surface area contributed by atoms with Gasteiger partial charge in [0.2, 0.25) is 5.91 Å². The van der Waals surface area contributed by atoms with Crippen LogP contribution in [0.4, 0.5) is 0 Å². The maximum atomic E-state index is 11.0. The summed E-state index contributed by atoms with van der Waals surface area (Å²) in [6.45, 7) is 4.35. The standard InChI is InChI=1S/C16H30N2O4.ClH/c1-10(9-18-11(2)19)6-4-3-5-7-12-14(17)8-13(15(12)20)16(21)22;/h10,12-15,20H,3-9,17H2,1-2H3,(H,18,19)(H,21,22);1H. The molecule has 1 saturated carbocycles. The predicted molar refractivity (Wildman–Crippen MR) is 91.4 cm³/mol. The minimum Gasteiger partial charge on any atom is -0.481 e. The van der Waals surface area contributed by atoms with E-state index in [0.717, 1.165) is 32.1 Å². The lowest BCUT2D eigenvalue weighted by molar-refractivity contribution is -0.145. The Kier molecular flexibility index (Phi) is 10.4. The third-order valence-electron chi connectivity index (χ3n) is 4.68. The SMILES string of the molecule is CC(=O)NCC(C)CCCCCC1C(N)CC(C(=O)O)C1O.Cl. The quantitative estimate of drug-likeness (QED) is 0.471. The molecular formula is C16H31ClN2O4. The first-order chi connectivity index (χ1) is 10.3. The van der Waals surface area contributed by atoms with Gasteiger partial charge >= 0.3 is 5.97 Å². The van der Waals surface area contributed by atoms with Crippen molar-refractivity contribution in [3.05, 3.63) is 0 Å². The molecule has 5 atom stereocenters. The molecule has 0 aliphatic heterocycles.